The molecule has 0 heterocycles. The van der Waals surface area contributed by atoms with Gasteiger partial charge in [-0.05, 0) is 37.8 Å². The van der Waals surface area contributed by atoms with E-state index >= 15 is 0 Å². The Kier molecular flexibility index (Phi) is 3.94. The van der Waals surface area contributed by atoms with Crippen LogP contribution in [0, 0.1) is 16.0 Å². The van der Waals surface area contributed by atoms with Crippen molar-refractivity contribution in [2.24, 2.45) is 5.92 Å². The van der Waals surface area contributed by atoms with Crippen LogP contribution in [0.1, 0.15) is 25.3 Å². The van der Waals surface area contributed by atoms with Gasteiger partial charge >= 0.3 is 0 Å². The van der Waals surface area contributed by atoms with Crippen molar-refractivity contribution >= 4 is 17.7 Å². The Balaban J connectivity index is 2.01. The molecule has 1 N–H and O–H groups in total. The molecule has 0 aliphatic heterocycles. The summed E-state index contributed by atoms with van der Waals surface area (Å²) in [7, 11) is 0. The van der Waals surface area contributed by atoms with E-state index in [9.17, 15) is 14.9 Å². The third-order valence-electron chi connectivity index (χ3n) is 3.25. The molecule has 5 nitrogen and oxygen atoms in total. The number of carbonyl (C=O) groups is 1. The fourth-order valence-electron chi connectivity index (χ4n) is 1.95. The Morgan fingerprint density at radius 1 is 1.47 bits per heavy atom. The lowest BCUT2D eigenvalue weighted by atomic mass is 10.1. The first kappa shape index (κ1) is 13.3. The number of nitro benzene ring substituents is 1. The summed E-state index contributed by atoms with van der Waals surface area (Å²) in [6, 6.07) is 6.52. The van der Waals surface area contributed by atoms with Crippen molar-refractivity contribution in [3.05, 3.63) is 46.0 Å². The van der Waals surface area contributed by atoms with Gasteiger partial charge in [-0.25, -0.2) is 0 Å². The Labute approximate surface area is 111 Å². The van der Waals surface area contributed by atoms with E-state index in [-0.39, 0.29) is 17.6 Å². The van der Waals surface area contributed by atoms with Gasteiger partial charge < -0.3 is 5.32 Å². The molecule has 1 fully saturated rings. The second-order valence-electron chi connectivity index (χ2n) is 4.78. The van der Waals surface area contributed by atoms with E-state index in [0.29, 0.717) is 11.5 Å². The van der Waals surface area contributed by atoms with Crippen molar-refractivity contribution in [3.8, 4) is 0 Å². The first-order valence-electron chi connectivity index (χ1n) is 6.30. The third-order valence-corrected chi connectivity index (χ3v) is 3.25. The van der Waals surface area contributed by atoms with Gasteiger partial charge in [0.05, 0.1) is 10.5 Å². The summed E-state index contributed by atoms with van der Waals surface area (Å²) in [4.78, 5) is 22.0. The number of nitrogens with one attached hydrogen (secondary N) is 1. The molecule has 2 rings (SSSR count). The number of amides is 1. The van der Waals surface area contributed by atoms with Gasteiger partial charge in [-0.15, -0.1) is 0 Å². The van der Waals surface area contributed by atoms with E-state index in [0.717, 1.165) is 12.8 Å². The number of benzene rings is 1. The first-order chi connectivity index (χ1) is 9.08. The lowest BCUT2D eigenvalue weighted by Crippen LogP contribution is -2.32. The van der Waals surface area contributed by atoms with Gasteiger partial charge in [-0.3, -0.25) is 14.9 Å². The predicted molar refractivity (Wildman–Crippen MR) is 72.5 cm³/mol. The van der Waals surface area contributed by atoms with Crippen LogP contribution in [-0.4, -0.2) is 16.9 Å². The standard InChI is InChI=1S/C14H16N2O3/c1-10(11-6-7-11)15-14(17)9-8-12-4-2-3-5-13(12)16(18)19/h2-5,8-11H,6-7H2,1H3,(H,15,17)/b9-8+. The van der Waals surface area contributed by atoms with Gasteiger partial charge in [0.15, 0.2) is 0 Å². The molecule has 1 aliphatic carbocycles. The quantitative estimate of drug-likeness (QED) is 0.502. The molecule has 0 spiro atoms. The highest BCUT2D eigenvalue weighted by molar-refractivity contribution is 5.92. The Bertz CT molecular complexity index is 521. The summed E-state index contributed by atoms with van der Waals surface area (Å²) in [5.74, 6) is 0.376. The summed E-state index contributed by atoms with van der Waals surface area (Å²) in [6.45, 7) is 1.98. The van der Waals surface area contributed by atoms with Gasteiger partial charge in [0.2, 0.25) is 5.91 Å². The SMILES string of the molecule is CC(NC(=O)/C=C/c1ccccc1[N+](=O)[O-])C1CC1. The third kappa shape index (κ3) is 3.64. The van der Waals surface area contributed by atoms with Crippen LogP contribution in [0.2, 0.25) is 0 Å². The minimum atomic E-state index is -0.454. The van der Waals surface area contributed by atoms with Gasteiger partial charge in [0.1, 0.15) is 0 Å². The Morgan fingerprint density at radius 2 is 2.16 bits per heavy atom. The van der Waals surface area contributed by atoms with Gasteiger partial charge in [0, 0.05) is 18.2 Å². The fraction of sp³-hybridized carbons (Fsp3) is 0.357. The number of rotatable bonds is 5. The number of nitro groups is 1. The minimum absolute atomic E-state index is 0.00166. The minimum Gasteiger partial charge on any atom is -0.350 e. The highest BCUT2D eigenvalue weighted by atomic mass is 16.6. The molecule has 0 aromatic heterocycles. The molecule has 5 heteroatoms. The summed E-state index contributed by atoms with van der Waals surface area (Å²) in [6.07, 6.45) is 5.15. The van der Waals surface area contributed by atoms with Crippen LogP contribution in [0.15, 0.2) is 30.3 Å². The van der Waals surface area contributed by atoms with Crippen molar-refractivity contribution in [2.45, 2.75) is 25.8 Å². The van der Waals surface area contributed by atoms with E-state index in [1.807, 2.05) is 6.92 Å². The van der Waals surface area contributed by atoms with E-state index in [1.165, 1.54) is 18.2 Å². The second kappa shape index (κ2) is 5.65. The molecule has 19 heavy (non-hydrogen) atoms. The van der Waals surface area contributed by atoms with Gasteiger partial charge in [-0.2, -0.15) is 0 Å². The van der Waals surface area contributed by atoms with Crippen LogP contribution < -0.4 is 5.32 Å². The predicted octanol–water partition coefficient (Wildman–Crippen LogP) is 2.52. The number of hydrogen-bond donors (Lipinski definition) is 1. The molecule has 1 aromatic rings. The molecule has 1 aromatic carbocycles. The van der Waals surface area contributed by atoms with Crippen LogP contribution >= 0.6 is 0 Å². The van der Waals surface area contributed by atoms with Crippen LogP contribution in [0.3, 0.4) is 0 Å². The van der Waals surface area contributed by atoms with Crippen LogP contribution in [0.4, 0.5) is 5.69 Å². The molecule has 0 radical (unpaired) electrons. The van der Waals surface area contributed by atoms with Crippen LogP contribution in [0.5, 0.6) is 0 Å². The van der Waals surface area contributed by atoms with Gasteiger partial charge in [0.25, 0.3) is 5.69 Å². The van der Waals surface area contributed by atoms with Crippen LogP contribution in [0.25, 0.3) is 6.08 Å². The van der Waals surface area contributed by atoms with E-state index in [1.54, 1.807) is 18.2 Å². The zero-order valence-electron chi connectivity index (χ0n) is 10.7. The van der Waals surface area contributed by atoms with Crippen molar-refractivity contribution in [1.29, 1.82) is 0 Å². The number of para-hydroxylation sites is 1. The number of hydrogen-bond acceptors (Lipinski definition) is 3. The van der Waals surface area contributed by atoms with E-state index in [4.69, 9.17) is 0 Å². The summed E-state index contributed by atoms with van der Waals surface area (Å²) >= 11 is 0. The molecule has 0 bridgehead atoms. The second-order valence-corrected chi connectivity index (χ2v) is 4.78. The molecule has 1 saturated carbocycles. The molecular weight excluding hydrogens is 244 g/mol. The lowest BCUT2D eigenvalue weighted by molar-refractivity contribution is -0.385. The zero-order chi connectivity index (χ0) is 13.8. The maximum atomic E-state index is 11.7. The van der Waals surface area contributed by atoms with Crippen molar-refractivity contribution in [3.63, 3.8) is 0 Å². The first-order valence-corrected chi connectivity index (χ1v) is 6.30. The largest absolute Gasteiger partial charge is 0.350 e. The number of carbonyl (C=O) groups excluding carboxylic acids is 1. The summed E-state index contributed by atoms with van der Waals surface area (Å²) in [5.41, 5.74) is 0.434. The fourth-order valence-corrected chi connectivity index (χ4v) is 1.95. The normalized spacial score (nSPS) is 16.3. The Morgan fingerprint density at radius 3 is 2.79 bits per heavy atom. The average molecular weight is 260 g/mol. The van der Waals surface area contributed by atoms with E-state index in [2.05, 4.69) is 5.32 Å². The number of nitrogens with zero attached hydrogens (tertiary/aromatic N) is 1. The maximum absolute atomic E-state index is 11.7. The molecule has 100 valence electrons. The highest BCUT2D eigenvalue weighted by Crippen LogP contribution is 2.32. The molecule has 1 atom stereocenters. The average Bonchev–Trinajstić information content (AvgIpc) is 3.20. The molecule has 0 saturated heterocycles. The van der Waals surface area contributed by atoms with Gasteiger partial charge in [-0.1, -0.05) is 12.1 Å². The van der Waals surface area contributed by atoms with Crippen LogP contribution in [-0.2, 0) is 4.79 Å². The van der Waals surface area contributed by atoms with Crippen molar-refractivity contribution in [2.75, 3.05) is 0 Å². The molecule has 1 unspecified atom stereocenters. The molecular formula is C14H16N2O3. The molecule has 1 amide bonds. The maximum Gasteiger partial charge on any atom is 0.276 e. The summed E-state index contributed by atoms with van der Waals surface area (Å²) in [5, 5.41) is 13.7. The highest BCUT2D eigenvalue weighted by Gasteiger charge is 2.28. The Hall–Kier alpha value is -2.17. The van der Waals surface area contributed by atoms with Crippen molar-refractivity contribution in [1.82, 2.24) is 5.32 Å². The smallest absolute Gasteiger partial charge is 0.276 e. The lowest BCUT2D eigenvalue weighted by Gasteiger charge is -2.10. The topological polar surface area (TPSA) is 72.2 Å². The van der Waals surface area contributed by atoms with Crippen molar-refractivity contribution < 1.29 is 9.72 Å². The van der Waals surface area contributed by atoms with E-state index < -0.39 is 4.92 Å². The monoisotopic (exact) mass is 260 g/mol. The molecule has 1 aliphatic rings. The zero-order valence-corrected chi connectivity index (χ0v) is 10.7. The summed E-state index contributed by atoms with van der Waals surface area (Å²) < 4.78 is 0.